The van der Waals surface area contributed by atoms with E-state index in [2.05, 4.69) is 6.58 Å². The molecule has 1 aliphatic rings. The van der Waals surface area contributed by atoms with Crippen molar-refractivity contribution in [3.63, 3.8) is 0 Å². The highest BCUT2D eigenvalue weighted by Crippen LogP contribution is 2.21. The van der Waals surface area contributed by atoms with E-state index in [0.29, 0.717) is 6.54 Å². The Hall–Kier alpha value is -0.600. The van der Waals surface area contributed by atoms with Crippen molar-refractivity contribution in [2.45, 2.75) is 12.2 Å². The number of allylic oxidation sites excluding steroid dienone is 2. The second kappa shape index (κ2) is 2.80. The molecule has 0 bridgehead atoms. The number of hydrogen-bond acceptors (Lipinski definition) is 2. The molecule has 1 saturated heterocycles. The highest BCUT2D eigenvalue weighted by molar-refractivity contribution is 5.08. The molecule has 2 nitrogen and oxygen atoms in total. The summed E-state index contributed by atoms with van der Waals surface area (Å²) in [6.45, 7) is 4.15. The van der Waals surface area contributed by atoms with E-state index in [1.165, 1.54) is 0 Å². The van der Waals surface area contributed by atoms with E-state index in [9.17, 15) is 0 Å². The Morgan fingerprint density at radius 1 is 1.67 bits per heavy atom. The van der Waals surface area contributed by atoms with Crippen LogP contribution in [0.25, 0.3) is 0 Å². The smallest absolute Gasteiger partial charge is 0.104 e. The standard InChI is InChI=1S/C7H11NO/c1-2-3-4-6-7(5-8)9-6/h2-4,6-7H,1,5,8H2/b4-3+/t6?,7-/m0/s1. The van der Waals surface area contributed by atoms with Crippen LogP contribution in [-0.4, -0.2) is 18.8 Å². The highest BCUT2D eigenvalue weighted by Gasteiger charge is 2.34. The van der Waals surface area contributed by atoms with Gasteiger partial charge in [0.05, 0.1) is 0 Å². The maximum absolute atomic E-state index is 5.31. The molecule has 0 aromatic rings. The summed E-state index contributed by atoms with van der Waals surface area (Å²) in [5.74, 6) is 0. The first-order valence-corrected chi connectivity index (χ1v) is 3.03. The summed E-state index contributed by atoms with van der Waals surface area (Å²) < 4.78 is 5.11. The number of rotatable bonds is 3. The molecule has 0 saturated carbocycles. The third-order valence-corrected chi connectivity index (χ3v) is 1.29. The summed E-state index contributed by atoms with van der Waals surface area (Å²) in [7, 11) is 0. The fourth-order valence-corrected chi connectivity index (χ4v) is 0.704. The molecule has 9 heavy (non-hydrogen) atoms. The van der Waals surface area contributed by atoms with Crippen molar-refractivity contribution in [1.82, 2.24) is 0 Å². The molecule has 0 amide bonds. The molecule has 0 aromatic carbocycles. The lowest BCUT2D eigenvalue weighted by Crippen LogP contribution is -2.08. The first-order valence-electron chi connectivity index (χ1n) is 3.03. The van der Waals surface area contributed by atoms with E-state index in [4.69, 9.17) is 10.5 Å². The maximum atomic E-state index is 5.31. The third kappa shape index (κ3) is 1.66. The van der Waals surface area contributed by atoms with Gasteiger partial charge in [0.1, 0.15) is 12.2 Å². The molecule has 2 heteroatoms. The molecule has 0 aliphatic carbocycles. The maximum Gasteiger partial charge on any atom is 0.104 e. The highest BCUT2D eigenvalue weighted by atomic mass is 16.6. The normalized spacial score (nSPS) is 33.0. The summed E-state index contributed by atoms with van der Waals surface area (Å²) in [5, 5.41) is 0. The van der Waals surface area contributed by atoms with Gasteiger partial charge in [0, 0.05) is 6.54 Å². The van der Waals surface area contributed by atoms with Crippen molar-refractivity contribution in [1.29, 1.82) is 0 Å². The van der Waals surface area contributed by atoms with Crippen molar-refractivity contribution in [3.8, 4) is 0 Å². The molecule has 1 unspecified atom stereocenters. The van der Waals surface area contributed by atoms with Crippen LogP contribution >= 0.6 is 0 Å². The van der Waals surface area contributed by atoms with Crippen LogP contribution in [0.4, 0.5) is 0 Å². The van der Waals surface area contributed by atoms with Gasteiger partial charge < -0.3 is 10.5 Å². The molecule has 2 N–H and O–H groups in total. The SMILES string of the molecule is C=C/C=C/C1O[C@H]1CN. The van der Waals surface area contributed by atoms with Crippen LogP contribution in [0.1, 0.15) is 0 Å². The molecule has 1 heterocycles. The Morgan fingerprint density at radius 3 is 2.89 bits per heavy atom. The van der Waals surface area contributed by atoms with Crippen molar-refractivity contribution in [3.05, 3.63) is 24.8 Å². The Labute approximate surface area is 55.0 Å². The van der Waals surface area contributed by atoms with Crippen LogP contribution in [0, 0.1) is 0 Å². The summed E-state index contributed by atoms with van der Waals surface area (Å²) in [4.78, 5) is 0. The Bertz CT molecular complexity index is 131. The van der Waals surface area contributed by atoms with Gasteiger partial charge in [-0.05, 0) is 0 Å². The second-order valence-electron chi connectivity index (χ2n) is 2.00. The summed E-state index contributed by atoms with van der Waals surface area (Å²) >= 11 is 0. The van der Waals surface area contributed by atoms with E-state index in [1.807, 2.05) is 12.2 Å². The molecular formula is C7H11NO. The fraction of sp³-hybridized carbons (Fsp3) is 0.429. The topological polar surface area (TPSA) is 38.5 Å². The van der Waals surface area contributed by atoms with Gasteiger partial charge in [0.15, 0.2) is 0 Å². The van der Waals surface area contributed by atoms with Gasteiger partial charge >= 0.3 is 0 Å². The van der Waals surface area contributed by atoms with Gasteiger partial charge in [-0.1, -0.05) is 24.8 Å². The largest absolute Gasteiger partial charge is 0.364 e. The van der Waals surface area contributed by atoms with E-state index in [0.717, 1.165) is 0 Å². The minimum atomic E-state index is 0.257. The number of hydrogen-bond donors (Lipinski definition) is 1. The average Bonchev–Trinajstić information content (AvgIpc) is 2.62. The van der Waals surface area contributed by atoms with Crippen molar-refractivity contribution < 1.29 is 4.74 Å². The molecule has 1 rings (SSSR count). The fourth-order valence-electron chi connectivity index (χ4n) is 0.704. The second-order valence-corrected chi connectivity index (χ2v) is 2.00. The zero-order valence-corrected chi connectivity index (χ0v) is 5.29. The molecular weight excluding hydrogens is 114 g/mol. The minimum Gasteiger partial charge on any atom is -0.364 e. The summed E-state index contributed by atoms with van der Waals surface area (Å²) in [6.07, 6.45) is 6.09. The summed E-state index contributed by atoms with van der Waals surface area (Å²) in [6, 6.07) is 0. The lowest BCUT2D eigenvalue weighted by molar-refractivity contribution is 0.392. The van der Waals surface area contributed by atoms with Gasteiger partial charge in [-0.2, -0.15) is 0 Å². The number of epoxide rings is 1. The number of nitrogens with two attached hydrogens (primary N) is 1. The van der Waals surface area contributed by atoms with Crippen LogP contribution in [0.15, 0.2) is 24.8 Å². The summed E-state index contributed by atoms with van der Waals surface area (Å²) in [5.41, 5.74) is 5.31. The third-order valence-electron chi connectivity index (χ3n) is 1.29. The minimum absolute atomic E-state index is 0.257. The quantitative estimate of drug-likeness (QED) is 0.439. The molecule has 0 aromatic heterocycles. The van der Waals surface area contributed by atoms with Crippen LogP contribution in [0.2, 0.25) is 0 Å². The lowest BCUT2D eigenvalue weighted by atomic mass is 10.3. The van der Waals surface area contributed by atoms with Gasteiger partial charge in [-0.15, -0.1) is 0 Å². The van der Waals surface area contributed by atoms with Crippen molar-refractivity contribution in [2.75, 3.05) is 6.54 Å². The predicted molar refractivity (Wildman–Crippen MR) is 37.1 cm³/mol. The first-order chi connectivity index (χ1) is 4.38. The molecule has 2 atom stereocenters. The zero-order chi connectivity index (χ0) is 6.69. The Balaban J connectivity index is 2.18. The average molecular weight is 125 g/mol. The number of ether oxygens (including phenoxy) is 1. The zero-order valence-electron chi connectivity index (χ0n) is 5.29. The Kier molecular flexibility index (Phi) is 2.03. The molecule has 1 fully saturated rings. The van der Waals surface area contributed by atoms with Crippen LogP contribution in [-0.2, 0) is 4.74 Å². The van der Waals surface area contributed by atoms with Gasteiger partial charge in [-0.3, -0.25) is 0 Å². The van der Waals surface area contributed by atoms with E-state index >= 15 is 0 Å². The molecule has 0 spiro atoms. The Morgan fingerprint density at radius 2 is 2.44 bits per heavy atom. The molecule has 50 valence electrons. The van der Waals surface area contributed by atoms with Crippen LogP contribution < -0.4 is 5.73 Å². The van der Waals surface area contributed by atoms with Gasteiger partial charge in [0.2, 0.25) is 0 Å². The van der Waals surface area contributed by atoms with E-state index < -0.39 is 0 Å². The van der Waals surface area contributed by atoms with Gasteiger partial charge in [0.25, 0.3) is 0 Å². The van der Waals surface area contributed by atoms with E-state index in [1.54, 1.807) is 6.08 Å². The molecule has 0 radical (unpaired) electrons. The van der Waals surface area contributed by atoms with Crippen molar-refractivity contribution >= 4 is 0 Å². The monoisotopic (exact) mass is 125 g/mol. The van der Waals surface area contributed by atoms with E-state index in [-0.39, 0.29) is 12.2 Å². The van der Waals surface area contributed by atoms with Crippen LogP contribution in [0.3, 0.4) is 0 Å². The molecule has 1 aliphatic heterocycles. The van der Waals surface area contributed by atoms with Crippen molar-refractivity contribution in [2.24, 2.45) is 5.73 Å². The van der Waals surface area contributed by atoms with Gasteiger partial charge in [-0.25, -0.2) is 0 Å². The predicted octanol–water partition coefficient (Wildman–Crippen LogP) is 0.455. The van der Waals surface area contributed by atoms with Crippen LogP contribution in [0.5, 0.6) is 0 Å². The lowest BCUT2D eigenvalue weighted by Gasteiger charge is -1.77. The first kappa shape index (κ1) is 6.52.